The van der Waals surface area contributed by atoms with Crippen LogP contribution >= 0.6 is 23.2 Å². The van der Waals surface area contributed by atoms with E-state index in [-0.39, 0.29) is 5.91 Å². The van der Waals surface area contributed by atoms with Crippen LogP contribution in [0.4, 0.5) is 10.5 Å². The lowest BCUT2D eigenvalue weighted by atomic mass is 10.3. The summed E-state index contributed by atoms with van der Waals surface area (Å²) in [5.41, 5.74) is 0.843. The highest BCUT2D eigenvalue weighted by Gasteiger charge is 1.90. The van der Waals surface area contributed by atoms with Gasteiger partial charge in [0.15, 0.2) is 0 Å². The minimum atomic E-state index is -0.889. The molecular weight excluding hydrogens is 225 g/mol. The van der Waals surface area contributed by atoms with E-state index in [1.54, 1.807) is 0 Å². The highest BCUT2D eigenvalue weighted by molar-refractivity contribution is 6.93. The number of rotatable bonds is 1. The molecule has 1 aromatic rings. The number of para-hydroxylation sites is 1. The molecule has 0 atom stereocenters. The quantitative estimate of drug-likeness (QED) is 0.758. The molecule has 0 heterocycles. The van der Waals surface area contributed by atoms with Crippen LogP contribution in [0.3, 0.4) is 0 Å². The summed E-state index contributed by atoms with van der Waals surface area (Å²) in [6, 6.07) is 9.37. The number of nitrogens with one attached hydrogen (secondary N) is 1. The summed E-state index contributed by atoms with van der Waals surface area (Å²) in [4.78, 5) is 19.5. The van der Waals surface area contributed by atoms with Crippen LogP contribution in [0.1, 0.15) is 6.92 Å². The molecule has 1 rings (SSSR count). The number of carbonyl (C=O) groups is 2. The van der Waals surface area contributed by atoms with Gasteiger partial charge in [0.25, 0.3) is 0 Å². The molecule has 0 saturated carbocycles. The van der Waals surface area contributed by atoms with Crippen molar-refractivity contribution in [3.63, 3.8) is 0 Å². The predicted octanol–water partition coefficient (Wildman–Crippen LogP) is 3.23. The van der Waals surface area contributed by atoms with Crippen LogP contribution in [-0.4, -0.2) is 10.6 Å². The summed E-state index contributed by atoms with van der Waals surface area (Å²) in [5.74, 6) is -0.0359. The molecule has 0 aliphatic heterocycles. The Morgan fingerprint density at radius 1 is 1.14 bits per heavy atom. The smallest absolute Gasteiger partial charge is 0.313 e. The lowest BCUT2D eigenvalue weighted by Gasteiger charge is -1.98. The topological polar surface area (TPSA) is 46.2 Å². The zero-order valence-corrected chi connectivity index (χ0v) is 8.97. The van der Waals surface area contributed by atoms with Gasteiger partial charge in [-0.25, -0.2) is 0 Å². The second-order valence-corrected chi connectivity index (χ2v) is 3.15. The zero-order chi connectivity index (χ0) is 11.0. The summed E-state index contributed by atoms with van der Waals surface area (Å²) in [7, 11) is 0. The molecule has 0 aromatic heterocycles. The minimum absolute atomic E-state index is 0.0359. The fourth-order valence-electron chi connectivity index (χ4n) is 0.725. The Labute approximate surface area is 92.0 Å². The van der Waals surface area contributed by atoms with E-state index in [4.69, 9.17) is 4.79 Å². The van der Waals surface area contributed by atoms with Crippen molar-refractivity contribution in [1.82, 2.24) is 0 Å². The summed E-state index contributed by atoms with van der Waals surface area (Å²) < 4.78 is -0.889. The Hall–Kier alpha value is -1.06. The van der Waals surface area contributed by atoms with E-state index in [0.717, 1.165) is 5.69 Å². The van der Waals surface area contributed by atoms with Crippen molar-refractivity contribution in [2.45, 2.75) is 6.92 Å². The number of hydrogen-bond donors (Lipinski definition) is 1. The lowest BCUT2D eigenvalue weighted by molar-refractivity contribution is -0.114. The van der Waals surface area contributed by atoms with Crippen molar-refractivity contribution in [2.75, 3.05) is 5.32 Å². The lowest BCUT2D eigenvalue weighted by Crippen LogP contribution is -2.04. The van der Waals surface area contributed by atoms with Gasteiger partial charge in [-0.1, -0.05) is 18.2 Å². The van der Waals surface area contributed by atoms with Gasteiger partial charge in [-0.05, 0) is 35.3 Å². The van der Waals surface area contributed by atoms with E-state index in [1.807, 2.05) is 30.3 Å². The molecule has 0 spiro atoms. The molecule has 0 saturated heterocycles. The maximum Gasteiger partial charge on any atom is 0.313 e. The van der Waals surface area contributed by atoms with Crippen LogP contribution in [-0.2, 0) is 4.79 Å². The van der Waals surface area contributed by atoms with E-state index in [1.165, 1.54) is 6.92 Å². The number of anilines is 1. The Balaban J connectivity index is 0.000000364. The molecule has 3 nitrogen and oxygen atoms in total. The average molecular weight is 234 g/mol. The number of hydrogen-bond acceptors (Lipinski definition) is 2. The Morgan fingerprint density at radius 3 is 1.93 bits per heavy atom. The average Bonchev–Trinajstić information content (AvgIpc) is 2.03. The van der Waals surface area contributed by atoms with Crippen LogP contribution in [0.2, 0.25) is 0 Å². The van der Waals surface area contributed by atoms with Crippen LogP contribution < -0.4 is 5.32 Å². The Morgan fingerprint density at radius 2 is 1.57 bits per heavy atom. The molecule has 0 radical (unpaired) electrons. The van der Waals surface area contributed by atoms with Crippen molar-refractivity contribution in [2.24, 2.45) is 0 Å². The van der Waals surface area contributed by atoms with Gasteiger partial charge in [0.2, 0.25) is 5.91 Å². The van der Waals surface area contributed by atoms with Crippen molar-refractivity contribution >= 4 is 39.5 Å². The number of amides is 1. The van der Waals surface area contributed by atoms with Crippen molar-refractivity contribution < 1.29 is 9.59 Å². The second kappa shape index (κ2) is 7.35. The minimum Gasteiger partial charge on any atom is -0.326 e. The molecule has 1 amide bonds. The molecule has 0 fully saturated rings. The highest BCUT2D eigenvalue weighted by atomic mass is 35.5. The van der Waals surface area contributed by atoms with E-state index in [2.05, 4.69) is 28.5 Å². The van der Waals surface area contributed by atoms with Crippen LogP contribution in [0.5, 0.6) is 0 Å². The van der Waals surface area contributed by atoms with Gasteiger partial charge in [-0.15, -0.1) is 0 Å². The monoisotopic (exact) mass is 233 g/mol. The van der Waals surface area contributed by atoms with Gasteiger partial charge in [-0.2, -0.15) is 0 Å². The summed E-state index contributed by atoms with van der Waals surface area (Å²) >= 11 is 8.80. The van der Waals surface area contributed by atoms with Gasteiger partial charge < -0.3 is 5.32 Å². The first kappa shape index (κ1) is 12.9. The number of benzene rings is 1. The third-order valence-corrected chi connectivity index (χ3v) is 1.09. The summed E-state index contributed by atoms with van der Waals surface area (Å²) in [6.07, 6.45) is 0. The van der Waals surface area contributed by atoms with Gasteiger partial charge >= 0.3 is 4.70 Å². The van der Waals surface area contributed by atoms with E-state index in [9.17, 15) is 4.79 Å². The summed E-state index contributed by atoms with van der Waals surface area (Å²) in [6.45, 7) is 1.49. The normalized spacial score (nSPS) is 8.21. The third-order valence-electron chi connectivity index (χ3n) is 1.09. The first-order chi connectivity index (χ1) is 6.52. The molecule has 0 bridgehead atoms. The molecule has 1 N–H and O–H groups in total. The molecule has 76 valence electrons. The van der Waals surface area contributed by atoms with Crippen molar-refractivity contribution in [1.29, 1.82) is 0 Å². The SMILES string of the molecule is CC(=O)Nc1ccccc1.O=C(Cl)Cl. The highest BCUT2D eigenvalue weighted by Crippen LogP contribution is 2.03. The number of carbonyl (C=O) groups excluding carboxylic acids is 2. The van der Waals surface area contributed by atoms with E-state index >= 15 is 0 Å². The van der Waals surface area contributed by atoms with Gasteiger partial charge in [0.05, 0.1) is 0 Å². The second-order valence-electron chi connectivity index (χ2n) is 2.27. The Bertz CT molecular complexity index is 297. The standard InChI is InChI=1S/C8H9NO.CCl2O/c1-7(10)9-8-5-3-2-4-6-8;2-1(3)4/h2-6H,1H3,(H,9,10);. The van der Waals surface area contributed by atoms with Crippen LogP contribution in [0.15, 0.2) is 30.3 Å². The van der Waals surface area contributed by atoms with Gasteiger partial charge in [-0.3, -0.25) is 9.59 Å². The van der Waals surface area contributed by atoms with Gasteiger partial charge in [0.1, 0.15) is 0 Å². The fraction of sp³-hybridized carbons (Fsp3) is 0.111. The van der Waals surface area contributed by atoms with Crippen LogP contribution in [0, 0.1) is 0 Å². The van der Waals surface area contributed by atoms with Crippen molar-refractivity contribution in [3.8, 4) is 0 Å². The molecule has 1 aromatic carbocycles. The van der Waals surface area contributed by atoms with Crippen molar-refractivity contribution in [3.05, 3.63) is 30.3 Å². The molecule has 14 heavy (non-hydrogen) atoms. The third kappa shape index (κ3) is 9.03. The predicted molar refractivity (Wildman–Crippen MR) is 57.8 cm³/mol. The molecule has 0 aliphatic carbocycles. The first-order valence-corrected chi connectivity index (χ1v) is 4.45. The number of halogens is 2. The maximum absolute atomic E-state index is 10.5. The Kier molecular flexibility index (Phi) is 6.80. The zero-order valence-electron chi connectivity index (χ0n) is 7.46. The molecule has 0 aliphatic rings. The maximum atomic E-state index is 10.5. The fourth-order valence-corrected chi connectivity index (χ4v) is 0.725. The summed E-state index contributed by atoms with van der Waals surface area (Å²) in [5, 5.41) is 2.67. The van der Waals surface area contributed by atoms with E-state index < -0.39 is 4.70 Å². The molecule has 5 heteroatoms. The molecule has 0 unspecified atom stereocenters. The van der Waals surface area contributed by atoms with Crippen LogP contribution in [0.25, 0.3) is 0 Å². The van der Waals surface area contributed by atoms with E-state index in [0.29, 0.717) is 0 Å². The molecular formula is C9H9Cl2NO2. The largest absolute Gasteiger partial charge is 0.326 e. The van der Waals surface area contributed by atoms with Gasteiger partial charge in [0, 0.05) is 12.6 Å². The first-order valence-electron chi connectivity index (χ1n) is 3.70.